The minimum absolute atomic E-state index is 0.196. The summed E-state index contributed by atoms with van der Waals surface area (Å²) in [5.74, 6) is 0.201. The quantitative estimate of drug-likeness (QED) is 0.924. The standard InChI is InChI=1S/C12H11ClN6O/c1-8(20)15-12-14-4-5-18(12)19-7-9-2-3-10(13)6-11(9)16-17-19/h2-6H,7H2,1H3,(H,14,15,20). The van der Waals surface area contributed by atoms with Crippen molar-refractivity contribution < 1.29 is 4.79 Å². The van der Waals surface area contributed by atoms with Crippen molar-refractivity contribution >= 4 is 29.1 Å². The minimum Gasteiger partial charge on any atom is -0.295 e. The van der Waals surface area contributed by atoms with E-state index in [2.05, 4.69) is 20.6 Å². The molecule has 0 spiro atoms. The van der Waals surface area contributed by atoms with Gasteiger partial charge in [0.25, 0.3) is 0 Å². The first-order chi connectivity index (χ1) is 9.63. The van der Waals surface area contributed by atoms with Crippen molar-refractivity contribution in [2.45, 2.75) is 13.5 Å². The van der Waals surface area contributed by atoms with Gasteiger partial charge in [0.1, 0.15) is 0 Å². The number of aromatic nitrogens is 2. The van der Waals surface area contributed by atoms with Gasteiger partial charge < -0.3 is 0 Å². The van der Waals surface area contributed by atoms with E-state index in [4.69, 9.17) is 11.6 Å². The van der Waals surface area contributed by atoms with Crippen molar-refractivity contribution in [1.82, 2.24) is 9.66 Å². The van der Waals surface area contributed by atoms with Crippen molar-refractivity contribution in [2.24, 2.45) is 10.3 Å². The number of nitrogens with one attached hydrogen (secondary N) is 1. The Morgan fingerprint density at radius 2 is 2.30 bits per heavy atom. The van der Waals surface area contributed by atoms with E-state index in [0.29, 0.717) is 17.5 Å². The molecule has 0 unspecified atom stereocenters. The zero-order chi connectivity index (χ0) is 14.1. The molecule has 2 heterocycles. The van der Waals surface area contributed by atoms with Crippen LogP contribution in [0.5, 0.6) is 0 Å². The first-order valence-electron chi connectivity index (χ1n) is 5.92. The molecule has 1 aliphatic heterocycles. The zero-order valence-corrected chi connectivity index (χ0v) is 11.4. The van der Waals surface area contributed by atoms with E-state index < -0.39 is 0 Å². The number of hydrogen-bond donors (Lipinski definition) is 1. The predicted molar refractivity (Wildman–Crippen MR) is 74.4 cm³/mol. The number of nitrogens with zero attached hydrogens (tertiary/aromatic N) is 5. The molecule has 20 heavy (non-hydrogen) atoms. The molecule has 1 N–H and O–H groups in total. The Bertz CT molecular complexity index is 695. The molecule has 0 atom stereocenters. The van der Waals surface area contributed by atoms with Gasteiger partial charge in [0.2, 0.25) is 11.9 Å². The molecule has 7 nitrogen and oxygen atoms in total. The fraction of sp³-hybridized carbons (Fsp3) is 0.167. The Morgan fingerprint density at radius 1 is 1.45 bits per heavy atom. The van der Waals surface area contributed by atoms with E-state index in [1.165, 1.54) is 6.92 Å². The fourth-order valence-corrected chi connectivity index (χ4v) is 2.06. The van der Waals surface area contributed by atoms with Gasteiger partial charge in [-0.2, -0.15) is 5.12 Å². The smallest absolute Gasteiger partial charge is 0.230 e. The highest BCUT2D eigenvalue weighted by Crippen LogP contribution is 2.29. The van der Waals surface area contributed by atoms with Crippen LogP contribution in [0.15, 0.2) is 40.9 Å². The molecule has 0 fully saturated rings. The van der Waals surface area contributed by atoms with Crippen LogP contribution < -0.4 is 10.4 Å². The van der Waals surface area contributed by atoms with Crippen LogP contribution in [0, 0.1) is 0 Å². The van der Waals surface area contributed by atoms with Crippen LogP contribution in [0.3, 0.4) is 0 Å². The summed E-state index contributed by atoms with van der Waals surface area (Å²) in [5.41, 5.74) is 1.74. The van der Waals surface area contributed by atoms with E-state index in [-0.39, 0.29) is 5.91 Å². The van der Waals surface area contributed by atoms with Crippen LogP contribution in [0.1, 0.15) is 12.5 Å². The number of imidazole rings is 1. The van der Waals surface area contributed by atoms with E-state index in [9.17, 15) is 4.79 Å². The molecule has 1 aromatic carbocycles. The first kappa shape index (κ1) is 12.6. The number of amides is 1. The molecule has 1 aliphatic rings. The number of benzene rings is 1. The molecule has 0 saturated carbocycles. The highest BCUT2D eigenvalue weighted by atomic mass is 35.5. The Morgan fingerprint density at radius 3 is 3.10 bits per heavy atom. The summed E-state index contributed by atoms with van der Waals surface area (Å²) < 4.78 is 1.63. The number of rotatable bonds is 2. The van der Waals surface area contributed by atoms with Gasteiger partial charge in [0.15, 0.2) is 0 Å². The number of fused-ring (bicyclic) bond motifs is 1. The van der Waals surface area contributed by atoms with Gasteiger partial charge in [-0.3, -0.25) is 10.1 Å². The molecular formula is C12H11ClN6O. The lowest BCUT2D eigenvalue weighted by atomic mass is 10.2. The summed E-state index contributed by atoms with van der Waals surface area (Å²) in [7, 11) is 0. The van der Waals surface area contributed by atoms with Crippen molar-refractivity contribution in [3.05, 3.63) is 41.2 Å². The van der Waals surface area contributed by atoms with Gasteiger partial charge >= 0.3 is 0 Å². The molecular weight excluding hydrogens is 280 g/mol. The normalized spacial score (nSPS) is 13.2. The molecule has 102 valence electrons. The Labute approximate surface area is 119 Å². The van der Waals surface area contributed by atoms with Crippen LogP contribution in [-0.4, -0.2) is 15.6 Å². The number of hydrogen-bond acceptors (Lipinski definition) is 5. The van der Waals surface area contributed by atoms with Gasteiger partial charge in [-0.25, -0.2) is 9.66 Å². The highest BCUT2D eigenvalue weighted by Gasteiger charge is 2.17. The second-order valence-electron chi connectivity index (χ2n) is 4.27. The van der Waals surface area contributed by atoms with Gasteiger partial charge in [0, 0.05) is 23.7 Å². The van der Waals surface area contributed by atoms with Crippen LogP contribution in [0.2, 0.25) is 5.02 Å². The highest BCUT2D eigenvalue weighted by molar-refractivity contribution is 6.30. The van der Waals surface area contributed by atoms with Crippen LogP contribution in [0.25, 0.3) is 0 Å². The first-order valence-corrected chi connectivity index (χ1v) is 6.30. The van der Waals surface area contributed by atoms with Crippen LogP contribution in [0.4, 0.5) is 11.6 Å². The van der Waals surface area contributed by atoms with E-state index >= 15 is 0 Å². The molecule has 0 aliphatic carbocycles. The molecule has 1 aromatic heterocycles. The SMILES string of the molecule is CC(=O)Nc1nccn1N1Cc2ccc(Cl)cc2N=N1. The summed E-state index contributed by atoms with van der Waals surface area (Å²) in [5, 5.41) is 13.1. The third-order valence-corrected chi connectivity index (χ3v) is 3.01. The Kier molecular flexibility index (Phi) is 3.11. The van der Waals surface area contributed by atoms with E-state index in [1.54, 1.807) is 28.3 Å². The number of anilines is 1. The molecule has 0 radical (unpaired) electrons. The maximum absolute atomic E-state index is 11.1. The largest absolute Gasteiger partial charge is 0.295 e. The van der Waals surface area contributed by atoms with Gasteiger partial charge in [-0.15, -0.1) is 5.11 Å². The third-order valence-electron chi connectivity index (χ3n) is 2.77. The molecule has 1 amide bonds. The van der Waals surface area contributed by atoms with Crippen molar-refractivity contribution in [3.8, 4) is 0 Å². The van der Waals surface area contributed by atoms with Gasteiger partial charge in [0.05, 0.1) is 18.4 Å². The Hall–Kier alpha value is -2.41. The van der Waals surface area contributed by atoms with Crippen molar-refractivity contribution in [1.29, 1.82) is 0 Å². The van der Waals surface area contributed by atoms with E-state index in [1.807, 2.05) is 12.1 Å². The minimum atomic E-state index is -0.196. The maximum Gasteiger partial charge on any atom is 0.230 e. The van der Waals surface area contributed by atoms with Gasteiger partial charge in [-0.05, 0) is 17.4 Å². The lowest BCUT2D eigenvalue weighted by Crippen LogP contribution is -2.31. The van der Waals surface area contributed by atoms with Crippen molar-refractivity contribution in [2.75, 3.05) is 10.4 Å². The fourth-order valence-electron chi connectivity index (χ4n) is 1.90. The average molecular weight is 291 g/mol. The second kappa shape index (κ2) is 4.93. The lowest BCUT2D eigenvalue weighted by Gasteiger charge is -2.24. The zero-order valence-electron chi connectivity index (χ0n) is 10.6. The Balaban J connectivity index is 1.90. The van der Waals surface area contributed by atoms with E-state index in [0.717, 1.165) is 11.3 Å². The average Bonchev–Trinajstić information content (AvgIpc) is 2.85. The number of carbonyl (C=O) groups is 1. The predicted octanol–water partition coefficient (Wildman–Crippen LogP) is 2.65. The molecule has 3 rings (SSSR count). The lowest BCUT2D eigenvalue weighted by molar-refractivity contribution is -0.114. The van der Waals surface area contributed by atoms with Crippen molar-refractivity contribution in [3.63, 3.8) is 0 Å². The molecule has 0 saturated heterocycles. The summed E-state index contributed by atoms with van der Waals surface area (Å²) in [6.45, 7) is 1.94. The monoisotopic (exact) mass is 290 g/mol. The molecule has 2 aromatic rings. The van der Waals surface area contributed by atoms with Crippen LogP contribution in [-0.2, 0) is 11.3 Å². The third kappa shape index (κ3) is 2.35. The van der Waals surface area contributed by atoms with Gasteiger partial charge in [-0.1, -0.05) is 17.7 Å². The van der Waals surface area contributed by atoms with Crippen LogP contribution >= 0.6 is 11.6 Å². The molecule has 0 bridgehead atoms. The second-order valence-corrected chi connectivity index (χ2v) is 4.71. The molecule has 8 heteroatoms. The topological polar surface area (TPSA) is 74.9 Å². The summed E-state index contributed by atoms with van der Waals surface area (Å²) in [6.07, 6.45) is 3.28. The maximum atomic E-state index is 11.1. The summed E-state index contributed by atoms with van der Waals surface area (Å²) in [4.78, 5) is 15.2. The number of carbonyl (C=O) groups excluding carboxylic acids is 1. The number of halogens is 1. The summed E-state index contributed by atoms with van der Waals surface area (Å²) >= 11 is 5.92. The summed E-state index contributed by atoms with van der Waals surface area (Å²) in [6, 6.07) is 5.47.